The van der Waals surface area contributed by atoms with Crippen LogP contribution in [0, 0.1) is 17.5 Å². The average Bonchev–Trinajstić information content (AvgIpc) is 2.42. The van der Waals surface area contributed by atoms with Gasteiger partial charge in [-0.2, -0.15) is 0 Å². The Balaban J connectivity index is 2.15. The van der Waals surface area contributed by atoms with Gasteiger partial charge in [-0.05, 0) is 18.2 Å². The minimum absolute atomic E-state index is 0.363. The van der Waals surface area contributed by atoms with Gasteiger partial charge >= 0.3 is 0 Å². The third kappa shape index (κ3) is 2.87. The van der Waals surface area contributed by atoms with E-state index >= 15 is 0 Å². The number of anilines is 1. The number of carbonyl (C=O) groups is 1. The van der Waals surface area contributed by atoms with E-state index in [-0.39, 0.29) is 6.54 Å². The molecule has 20 heavy (non-hydrogen) atoms. The molecule has 0 radical (unpaired) electrons. The summed E-state index contributed by atoms with van der Waals surface area (Å²) >= 11 is 0. The Morgan fingerprint density at radius 1 is 1.10 bits per heavy atom. The molecule has 0 spiro atoms. The van der Waals surface area contributed by atoms with Gasteiger partial charge in [-0.15, -0.1) is 0 Å². The molecule has 0 aliphatic carbocycles. The number of rotatable bonds is 3. The van der Waals surface area contributed by atoms with Gasteiger partial charge < -0.3 is 9.88 Å². The molecule has 0 fully saturated rings. The van der Waals surface area contributed by atoms with Crippen molar-refractivity contribution in [3.63, 3.8) is 0 Å². The number of hydrogen-bond donors (Lipinski definition) is 1. The number of nitrogens with zero attached hydrogens (tertiary/aromatic N) is 1. The smallest absolute Gasteiger partial charge is 0.250 e. The first-order valence-corrected chi connectivity index (χ1v) is 5.58. The van der Waals surface area contributed by atoms with Crippen LogP contribution >= 0.6 is 0 Å². The summed E-state index contributed by atoms with van der Waals surface area (Å²) in [5, 5.41) is 2.07. The Morgan fingerprint density at radius 3 is 2.55 bits per heavy atom. The van der Waals surface area contributed by atoms with E-state index in [9.17, 15) is 22.8 Å². The van der Waals surface area contributed by atoms with E-state index in [4.69, 9.17) is 0 Å². The molecular formula is C13H9F3N2O2. The molecule has 0 saturated heterocycles. The second-order valence-corrected chi connectivity index (χ2v) is 3.94. The summed E-state index contributed by atoms with van der Waals surface area (Å²) in [6.07, 6.45) is 1.38. The third-order valence-electron chi connectivity index (χ3n) is 2.52. The molecule has 0 aliphatic rings. The number of amides is 1. The van der Waals surface area contributed by atoms with Crippen LogP contribution < -0.4 is 10.9 Å². The largest absolute Gasteiger partial charge is 0.322 e. The van der Waals surface area contributed by atoms with Crippen LogP contribution in [-0.4, -0.2) is 10.5 Å². The second-order valence-electron chi connectivity index (χ2n) is 3.94. The Hall–Kier alpha value is -2.57. The van der Waals surface area contributed by atoms with Crippen molar-refractivity contribution >= 4 is 11.6 Å². The zero-order valence-corrected chi connectivity index (χ0v) is 10.1. The van der Waals surface area contributed by atoms with E-state index in [1.807, 2.05) is 0 Å². The summed E-state index contributed by atoms with van der Waals surface area (Å²) in [5.74, 6) is -5.23. The zero-order valence-electron chi connectivity index (χ0n) is 10.1. The van der Waals surface area contributed by atoms with E-state index in [2.05, 4.69) is 5.32 Å². The van der Waals surface area contributed by atoms with Crippen molar-refractivity contribution in [3.8, 4) is 0 Å². The Morgan fingerprint density at radius 2 is 1.85 bits per heavy atom. The van der Waals surface area contributed by atoms with E-state index in [0.29, 0.717) is 6.07 Å². The molecule has 1 aromatic heterocycles. The summed E-state index contributed by atoms with van der Waals surface area (Å²) in [7, 11) is 0. The van der Waals surface area contributed by atoms with Gasteiger partial charge in [0.2, 0.25) is 5.91 Å². The molecule has 4 nitrogen and oxygen atoms in total. The topological polar surface area (TPSA) is 51.1 Å². The van der Waals surface area contributed by atoms with Crippen LogP contribution in [0.25, 0.3) is 0 Å². The minimum atomic E-state index is -1.67. The number of hydrogen-bond acceptors (Lipinski definition) is 2. The molecule has 104 valence electrons. The van der Waals surface area contributed by atoms with Gasteiger partial charge in [0.1, 0.15) is 6.54 Å². The first kappa shape index (κ1) is 13.9. The minimum Gasteiger partial charge on any atom is -0.322 e. The normalized spacial score (nSPS) is 10.3. The standard InChI is InChI=1S/C13H9F3N2O2/c14-8-4-5-9(13(16)12(8)15)17-10(19)7-18-6-2-1-3-11(18)20/h1-6H,7H2,(H,17,19). The molecule has 1 aromatic carbocycles. The average molecular weight is 282 g/mol. The highest BCUT2D eigenvalue weighted by Gasteiger charge is 2.15. The summed E-state index contributed by atoms with van der Waals surface area (Å²) in [6, 6.07) is 5.91. The van der Waals surface area contributed by atoms with Gasteiger partial charge in [-0.25, -0.2) is 13.2 Å². The number of carbonyl (C=O) groups excluding carboxylic acids is 1. The Bertz CT molecular complexity index is 713. The molecule has 1 heterocycles. The molecule has 0 unspecified atom stereocenters. The zero-order chi connectivity index (χ0) is 14.7. The number of pyridine rings is 1. The van der Waals surface area contributed by atoms with Crippen LogP contribution in [0.4, 0.5) is 18.9 Å². The molecule has 0 aliphatic heterocycles. The van der Waals surface area contributed by atoms with Crippen molar-refractivity contribution in [3.05, 3.63) is 64.3 Å². The van der Waals surface area contributed by atoms with Crippen LogP contribution in [0.1, 0.15) is 0 Å². The van der Waals surface area contributed by atoms with Crippen LogP contribution in [0.3, 0.4) is 0 Å². The SMILES string of the molecule is O=C(Cn1ccccc1=O)Nc1ccc(F)c(F)c1F. The lowest BCUT2D eigenvalue weighted by Crippen LogP contribution is -2.26. The van der Waals surface area contributed by atoms with E-state index in [1.165, 1.54) is 18.3 Å². The lowest BCUT2D eigenvalue weighted by Gasteiger charge is -2.08. The van der Waals surface area contributed by atoms with E-state index in [1.54, 1.807) is 6.07 Å². The molecule has 0 atom stereocenters. The van der Waals surface area contributed by atoms with Crippen LogP contribution in [0.2, 0.25) is 0 Å². The van der Waals surface area contributed by atoms with Crippen LogP contribution in [-0.2, 0) is 11.3 Å². The van der Waals surface area contributed by atoms with E-state index in [0.717, 1.165) is 10.6 Å². The predicted octanol–water partition coefficient (Wildman–Crippen LogP) is 1.90. The maximum absolute atomic E-state index is 13.3. The van der Waals surface area contributed by atoms with Crippen molar-refractivity contribution in [2.24, 2.45) is 0 Å². The summed E-state index contributed by atoms with van der Waals surface area (Å²) in [5.41, 5.74) is -0.897. The van der Waals surface area contributed by atoms with Crippen molar-refractivity contribution < 1.29 is 18.0 Å². The maximum Gasteiger partial charge on any atom is 0.250 e. The predicted molar refractivity (Wildman–Crippen MR) is 65.6 cm³/mol. The molecule has 1 N–H and O–H groups in total. The fourth-order valence-corrected chi connectivity index (χ4v) is 1.56. The molecular weight excluding hydrogens is 273 g/mol. The molecule has 2 aromatic rings. The first-order chi connectivity index (χ1) is 9.49. The van der Waals surface area contributed by atoms with Crippen molar-refractivity contribution in [1.29, 1.82) is 0 Å². The Labute approximate surface area is 111 Å². The molecule has 0 bridgehead atoms. The molecule has 7 heteroatoms. The number of aromatic nitrogens is 1. The highest BCUT2D eigenvalue weighted by Crippen LogP contribution is 2.19. The van der Waals surface area contributed by atoms with Crippen molar-refractivity contribution in [2.45, 2.75) is 6.54 Å². The molecule has 2 rings (SSSR count). The maximum atomic E-state index is 13.3. The van der Waals surface area contributed by atoms with Crippen molar-refractivity contribution in [1.82, 2.24) is 4.57 Å². The summed E-state index contributed by atoms with van der Waals surface area (Å²) < 4.78 is 40.1. The lowest BCUT2D eigenvalue weighted by atomic mass is 10.2. The second kappa shape index (κ2) is 5.60. The molecule has 0 saturated carbocycles. The highest BCUT2D eigenvalue weighted by atomic mass is 19.2. The number of halogens is 3. The quantitative estimate of drug-likeness (QED) is 0.874. The van der Waals surface area contributed by atoms with Gasteiger partial charge in [-0.1, -0.05) is 6.07 Å². The lowest BCUT2D eigenvalue weighted by molar-refractivity contribution is -0.116. The summed E-state index contributed by atoms with van der Waals surface area (Å²) in [4.78, 5) is 23.0. The van der Waals surface area contributed by atoms with Gasteiger partial charge in [0.05, 0.1) is 5.69 Å². The first-order valence-electron chi connectivity index (χ1n) is 5.58. The van der Waals surface area contributed by atoms with Gasteiger partial charge in [0.15, 0.2) is 17.5 Å². The fraction of sp³-hybridized carbons (Fsp3) is 0.0769. The molecule has 1 amide bonds. The van der Waals surface area contributed by atoms with Gasteiger partial charge in [-0.3, -0.25) is 9.59 Å². The van der Waals surface area contributed by atoms with Gasteiger partial charge in [0.25, 0.3) is 5.56 Å². The summed E-state index contributed by atoms with van der Waals surface area (Å²) in [6.45, 7) is -0.363. The fourth-order valence-electron chi connectivity index (χ4n) is 1.56. The monoisotopic (exact) mass is 282 g/mol. The van der Waals surface area contributed by atoms with Crippen LogP contribution in [0.5, 0.6) is 0 Å². The van der Waals surface area contributed by atoms with Gasteiger partial charge in [0, 0.05) is 12.3 Å². The van der Waals surface area contributed by atoms with E-state index < -0.39 is 34.6 Å². The van der Waals surface area contributed by atoms with Crippen LogP contribution in [0.15, 0.2) is 41.3 Å². The number of nitrogens with one attached hydrogen (secondary N) is 1. The third-order valence-corrected chi connectivity index (χ3v) is 2.52. The Kier molecular flexibility index (Phi) is 3.88. The van der Waals surface area contributed by atoms with Crippen molar-refractivity contribution in [2.75, 3.05) is 5.32 Å². The highest BCUT2D eigenvalue weighted by molar-refractivity contribution is 5.90. The number of benzene rings is 1.